The Morgan fingerprint density at radius 2 is 2.06 bits per heavy atom. The highest BCUT2D eigenvalue weighted by Gasteiger charge is 2.15. The van der Waals surface area contributed by atoms with E-state index in [1.54, 1.807) is 0 Å². The summed E-state index contributed by atoms with van der Waals surface area (Å²) < 4.78 is 0. The summed E-state index contributed by atoms with van der Waals surface area (Å²) in [5, 5.41) is 6.42. The highest BCUT2D eigenvalue weighted by Crippen LogP contribution is 2.12. The Labute approximate surface area is 109 Å². The van der Waals surface area contributed by atoms with Crippen LogP contribution in [0.4, 0.5) is 0 Å². The molecule has 1 aliphatic heterocycles. The molecule has 0 bridgehead atoms. The number of amides is 1. The van der Waals surface area contributed by atoms with Gasteiger partial charge in [-0.25, -0.2) is 0 Å². The van der Waals surface area contributed by atoms with Gasteiger partial charge >= 0.3 is 0 Å². The van der Waals surface area contributed by atoms with Crippen LogP contribution in [-0.2, 0) is 6.42 Å². The lowest BCUT2D eigenvalue weighted by Crippen LogP contribution is -2.36. The van der Waals surface area contributed by atoms with Crippen molar-refractivity contribution in [3.8, 4) is 0 Å². The van der Waals surface area contributed by atoms with Crippen molar-refractivity contribution < 1.29 is 4.79 Å². The molecule has 0 atom stereocenters. The van der Waals surface area contributed by atoms with Gasteiger partial charge in [0.1, 0.15) is 0 Å². The lowest BCUT2D eigenvalue weighted by molar-refractivity contribution is 0.0943. The van der Waals surface area contributed by atoms with E-state index in [-0.39, 0.29) is 5.91 Å². The van der Waals surface area contributed by atoms with Gasteiger partial charge in [0.25, 0.3) is 5.91 Å². The summed E-state index contributed by atoms with van der Waals surface area (Å²) in [6.45, 7) is 5.04. The van der Waals surface area contributed by atoms with Crippen LogP contribution in [0.5, 0.6) is 0 Å². The van der Waals surface area contributed by atoms with Gasteiger partial charge in [-0.2, -0.15) is 0 Å². The van der Waals surface area contributed by atoms with E-state index in [0.717, 1.165) is 50.0 Å². The second kappa shape index (κ2) is 6.55. The van der Waals surface area contributed by atoms with Gasteiger partial charge in [-0.3, -0.25) is 4.79 Å². The number of rotatable bonds is 4. The SMILES string of the molecule is CCc1ccccc1C(=O)NCC1CCNCC1. The van der Waals surface area contributed by atoms with Crippen molar-refractivity contribution in [1.29, 1.82) is 0 Å². The van der Waals surface area contributed by atoms with Crippen molar-refractivity contribution in [3.05, 3.63) is 35.4 Å². The monoisotopic (exact) mass is 246 g/mol. The largest absolute Gasteiger partial charge is 0.352 e. The van der Waals surface area contributed by atoms with E-state index in [1.807, 2.05) is 24.3 Å². The highest BCUT2D eigenvalue weighted by molar-refractivity contribution is 5.95. The fourth-order valence-electron chi connectivity index (χ4n) is 2.47. The topological polar surface area (TPSA) is 41.1 Å². The molecule has 1 amide bonds. The Balaban J connectivity index is 1.90. The molecule has 18 heavy (non-hydrogen) atoms. The Morgan fingerprint density at radius 3 is 2.78 bits per heavy atom. The van der Waals surface area contributed by atoms with E-state index in [9.17, 15) is 4.79 Å². The molecule has 1 aromatic rings. The summed E-state index contributed by atoms with van der Waals surface area (Å²) in [6.07, 6.45) is 3.22. The number of carbonyl (C=O) groups excluding carboxylic acids is 1. The van der Waals surface area contributed by atoms with Crippen LogP contribution >= 0.6 is 0 Å². The minimum Gasteiger partial charge on any atom is -0.352 e. The fourth-order valence-corrected chi connectivity index (χ4v) is 2.47. The Kier molecular flexibility index (Phi) is 4.76. The quantitative estimate of drug-likeness (QED) is 0.853. The van der Waals surface area contributed by atoms with Crippen LogP contribution < -0.4 is 10.6 Å². The Hall–Kier alpha value is -1.35. The number of hydrogen-bond donors (Lipinski definition) is 2. The maximum absolute atomic E-state index is 12.1. The molecule has 0 aliphatic carbocycles. The minimum absolute atomic E-state index is 0.0750. The van der Waals surface area contributed by atoms with E-state index in [2.05, 4.69) is 17.6 Å². The third-order valence-corrected chi connectivity index (χ3v) is 3.65. The van der Waals surface area contributed by atoms with Crippen molar-refractivity contribution in [3.63, 3.8) is 0 Å². The zero-order valence-corrected chi connectivity index (χ0v) is 11.0. The predicted molar refractivity (Wildman–Crippen MR) is 73.7 cm³/mol. The molecule has 3 heteroatoms. The molecule has 1 heterocycles. The highest BCUT2D eigenvalue weighted by atomic mass is 16.1. The van der Waals surface area contributed by atoms with Gasteiger partial charge in [-0.15, -0.1) is 0 Å². The summed E-state index contributed by atoms with van der Waals surface area (Å²) in [7, 11) is 0. The Bertz CT molecular complexity index is 397. The van der Waals surface area contributed by atoms with E-state index in [4.69, 9.17) is 0 Å². The molecular formula is C15H22N2O. The lowest BCUT2D eigenvalue weighted by Gasteiger charge is -2.22. The number of hydrogen-bond acceptors (Lipinski definition) is 2. The molecule has 2 N–H and O–H groups in total. The van der Waals surface area contributed by atoms with Crippen molar-refractivity contribution in [2.45, 2.75) is 26.2 Å². The van der Waals surface area contributed by atoms with E-state index in [0.29, 0.717) is 5.92 Å². The van der Waals surface area contributed by atoms with Crippen LogP contribution in [0.25, 0.3) is 0 Å². The molecule has 1 aliphatic rings. The zero-order valence-electron chi connectivity index (χ0n) is 11.0. The average Bonchev–Trinajstić information content (AvgIpc) is 2.45. The molecule has 0 aromatic heterocycles. The Morgan fingerprint density at radius 1 is 1.33 bits per heavy atom. The molecule has 0 spiro atoms. The first-order chi connectivity index (χ1) is 8.81. The van der Waals surface area contributed by atoms with Gasteiger partial charge in [0.15, 0.2) is 0 Å². The third kappa shape index (κ3) is 3.33. The molecule has 3 nitrogen and oxygen atoms in total. The van der Waals surface area contributed by atoms with Gasteiger partial charge in [-0.05, 0) is 49.9 Å². The number of piperidine rings is 1. The standard InChI is InChI=1S/C15H22N2O/c1-2-13-5-3-4-6-14(13)15(18)17-11-12-7-9-16-10-8-12/h3-6,12,16H,2,7-11H2,1H3,(H,17,18). The van der Waals surface area contributed by atoms with E-state index < -0.39 is 0 Å². The van der Waals surface area contributed by atoms with Crippen LogP contribution in [-0.4, -0.2) is 25.5 Å². The lowest BCUT2D eigenvalue weighted by atomic mass is 9.98. The number of benzene rings is 1. The second-order valence-corrected chi connectivity index (χ2v) is 4.91. The summed E-state index contributed by atoms with van der Waals surface area (Å²) in [5.41, 5.74) is 1.95. The van der Waals surface area contributed by atoms with Gasteiger partial charge < -0.3 is 10.6 Å². The van der Waals surface area contributed by atoms with Crippen LogP contribution in [0, 0.1) is 5.92 Å². The number of nitrogens with one attached hydrogen (secondary N) is 2. The van der Waals surface area contributed by atoms with E-state index >= 15 is 0 Å². The first kappa shape index (κ1) is 13.1. The van der Waals surface area contributed by atoms with E-state index in [1.165, 1.54) is 0 Å². The molecule has 0 unspecified atom stereocenters. The average molecular weight is 246 g/mol. The molecule has 0 radical (unpaired) electrons. The molecule has 2 rings (SSSR count). The molecule has 1 aromatic carbocycles. The van der Waals surface area contributed by atoms with Crippen LogP contribution in [0.1, 0.15) is 35.7 Å². The fraction of sp³-hybridized carbons (Fsp3) is 0.533. The number of carbonyl (C=O) groups is 1. The van der Waals surface area contributed by atoms with Crippen LogP contribution in [0.15, 0.2) is 24.3 Å². The van der Waals surface area contributed by atoms with Crippen molar-refractivity contribution in [2.75, 3.05) is 19.6 Å². The van der Waals surface area contributed by atoms with Crippen molar-refractivity contribution in [1.82, 2.24) is 10.6 Å². The van der Waals surface area contributed by atoms with Crippen LogP contribution in [0.3, 0.4) is 0 Å². The minimum atomic E-state index is 0.0750. The first-order valence-electron chi connectivity index (χ1n) is 6.88. The molecular weight excluding hydrogens is 224 g/mol. The second-order valence-electron chi connectivity index (χ2n) is 4.91. The van der Waals surface area contributed by atoms with Gasteiger partial charge in [-0.1, -0.05) is 25.1 Å². The van der Waals surface area contributed by atoms with Gasteiger partial charge in [0.05, 0.1) is 0 Å². The van der Waals surface area contributed by atoms with Crippen molar-refractivity contribution >= 4 is 5.91 Å². The smallest absolute Gasteiger partial charge is 0.251 e. The van der Waals surface area contributed by atoms with Gasteiger partial charge in [0, 0.05) is 12.1 Å². The van der Waals surface area contributed by atoms with Gasteiger partial charge in [0.2, 0.25) is 0 Å². The normalized spacial score (nSPS) is 16.5. The maximum atomic E-state index is 12.1. The summed E-state index contributed by atoms with van der Waals surface area (Å²) in [6, 6.07) is 7.86. The summed E-state index contributed by atoms with van der Waals surface area (Å²) in [5.74, 6) is 0.704. The summed E-state index contributed by atoms with van der Waals surface area (Å²) >= 11 is 0. The summed E-state index contributed by atoms with van der Waals surface area (Å²) in [4.78, 5) is 12.1. The third-order valence-electron chi connectivity index (χ3n) is 3.65. The predicted octanol–water partition coefficient (Wildman–Crippen LogP) is 1.98. The molecule has 0 saturated carbocycles. The first-order valence-corrected chi connectivity index (χ1v) is 6.88. The zero-order chi connectivity index (χ0) is 12.8. The van der Waals surface area contributed by atoms with Crippen molar-refractivity contribution in [2.24, 2.45) is 5.92 Å². The maximum Gasteiger partial charge on any atom is 0.251 e. The number of aryl methyl sites for hydroxylation is 1. The molecule has 1 fully saturated rings. The molecule has 1 saturated heterocycles. The molecule has 98 valence electrons. The van der Waals surface area contributed by atoms with Crippen LogP contribution in [0.2, 0.25) is 0 Å².